The van der Waals surface area contributed by atoms with E-state index in [4.69, 9.17) is 4.42 Å². The van der Waals surface area contributed by atoms with E-state index in [1.165, 1.54) is 11.0 Å². The Morgan fingerprint density at radius 2 is 1.73 bits per heavy atom. The van der Waals surface area contributed by atoms with Gasteiger partial charge in [-0.05, 0) is 32.0 Å². The average Bonchev–Trinajstić information content (AvgIpc) is 3.04. The maximum absolute atomic E-state index is 14.8. The molecule has 1 aliphatic heterocycles. The highest BCUT2D eigenvalue weighted by Crippen LogP contribution is 2.38. The fraction of sp³-hybridized carbons (Fsp3) is 0.333. The van der Waals surface area contributed by atoms with E-state index >= 15 is 0 Å². The summed E-state index contributed by atoms with van der Waals surface area (Å²) in [5.74, 6) is -0.757. The highest BCUT2D eigenvalue weighted by molar-refractivity contribution is 5.99. The van der Waals surface area contributed by atoms with Crippen LogP contribution < -0.4 is 10.3 Å². The highest BCUT2D eigenvalue weighted by Gasteiger charge is 2.43. The van der Waals surface area contributed by atoms with Crippen molar-refractivity contribution in [3.05, 3.63) is 81.5 Å². The van der Waals surface area contributed by atoms with Gasteiger partial charge in [-0.1, -0.05) is 30.3 Å². The number of hydrogen-bond donors (Lipinski definition) is 1. The second-order valence-electron chi connectivity index (χ2n) is 7.65. The van der Waals surface area contributed by atoms with Crippen LogP contribution in [0.25, 0.3) is 11.0 Å². The summed E-state index contributed by atoms with van der Waals surface area (Å²) < 4.78 is 20.6. The summed E-state index contributed by atoms with van der Waals surface area (Å²) in [5, 5.41) is 0.403. The summed E-state index contributed by atoms with van der Waals surface area (Å²) in [6, 6.07) is 12.4. The van der Waals surface area contributed by atoms with Gasteiger partial charge in [-0.25, -0.2) is 4.39 Å². The first-order valence-electron chi connectivity index (χ1n) is 10.5. The number of fused-ring (bicyclic) bond motifs is 2. The lowest BCUT2D eigenvalue weighted by atomic mass is 9.98. The molecule has 0 saturated carbocycles. The molecule has 156 valence electrons. The zero-order valence-electron chi connectivity index (χ0n) is 17.3. The molecular weight excluding hydrogens is 383 g/mol. The number of nitrogens with zero attached hydrogens (tertiary/aromatic N) is 1. The van der Waals surface area contributed by atoms with Crippen LogP contribution in [0.1, 0.15) is 48.0 Å². The fourth-order valence-electron chi connectivity index (χ4n) is 4.32. The normalized spacial score (nSPS) is 15.9. The molecule has 0 aliphatic carbocycles. The smallest absolute Gasteiger partial charge is 0.290 e. The predicted molar refractivity (Wildman–Crippen MR) is 113 cm³/mol. The van der Waals surface area contributed by atoms with Gasteiger partial charge in [0.05, 0.1) is 36.6 Å². The Kier molecular flexibility index (Phi) is 5.68. The quantitative estimate of drug-likeness (QED) is 0.653. The van der Waals surface area contributed by atoms with Crippen LogP contribution >= 0.6 is 0 Å². The summed E-state index contributed by atoms with van der Waals surface area (Å²) in [4.78, 5) is 29.6. The standard InChI is InChI=1S/C24H25FN2O3/c1-3-26(4-2)14-9-15-27-21(16-10-5-7-12-18(16)25)20-22(28)17-11-6-8-13-19(17)30-23(20)24(27)29/h5-8,10-13,21H,3-4,9,14-15H2,1-2H3/p+1/t21-/m1/s1. The van der Waals surface area contributed by atoms with Crippen LogP contribution in [0.2, 0.25) is 0 Å². The van der Waals surface area contributed by atoms with Crippen molar-refractivity contribution < 1.29 is 18.5 Å². The van der Waals surface area contributed by atoms with Crippen LogP contribution in [0.5, 0.6) is 0 Å². The van der Waals surface area contributed by atoms with Crippen LogP contribution in [-0.2, 0) is 0 Å². The minimum absolute atomic E-state index is 0.0298. The number of rotatable bonds is 7. The van der Waals surface area contributed by atoms with Crippen molar-refractivity contribution in [1.29, 1.82) is 0 Å². The molecule has 0 radical (unpaired) electrons. The molecule has 1 N–H and O–H groups in total. The third kappa shape index (κ3) is 3.41. The molecule has 6 heteroatoms. The zero-order chi connectivity index (χ0) is 21.3. The lowest BCUT2D eigenvalue weighted by Crippen LogP contribution is -3.11. The van der Waals surface area contributed by atoms with Crippen molar-refractivity contribution in [2.45, 2.75) is 26.3 Å². The van der Waals surface area contributed by atoms with E-state index in [1.54, 1.807) is 47.4 Å². The Balaban J connectivity index is 1.80. The van der Waals surface area contributed by atoms with Crippen molar-refractivity contribution in [2.24, 2.45) is 0 Å². The number of halogens is 1. The number of carbonyl (C=O) groups is 1. The van der Waals surface area contributed by atoms with Gasteiger partial charge in [0.25, 0.3) is 5.91 Å². The van der Waals surface area contributed by atoms with E-state index in [9.17, 15) is 14.0 Å². The summed E-state index contributed by atoms with van der Waals surface area (Å²) in [7, 11) is 0. The van der Waals surface area contributed by atoms with Crippen molar-refractivity contribution in [3.8, 4) is 0 Å². The summed E-state index contributed by atoms with van der Waals surface area (Å²) in [6.45, 7) is 7.61. The van der Waals surface area contributed by atoms with E-state index in [2.05, 4.69) is 13.8 Å². The van der Waals surface area contributed by atoms with E-state index < -0.39 is 11.9 Å². The molecule has 1 atom stereocenters. The van der Waals surface area contributed by atoms with Gasteiger partial charge in [0.15, 0.2) is 5.43 Å². The molecule has 0 fully saturated rings. The van der Waals surface area contributed by atoms with E-state index in [0.717, 1.165) is 26.1 Å². The molecule has 0 unspecified atom stereocenters. The van der Waals surface area contributed by atoms with Crippen LogP contribution in [0.4, 0.5) is 4.39 Å². The molecule has 2 heterocycles. The van der Waals surface area contributed by atoms with Crippen molar-refractivity contribution in [2.75, 3.05) is 26.2 Å². The number of amides is 1. The van der Waals surface area contributed by atoms with Crippen molar-refractivity contribution in [1.82, 2.24) is 4.90 Å². The molecule has 1 aromatic heterocycles. The molecule has 5 nitrogen and oxygen atoms in total. The maximum atomic E-state index is 14.8. The maximum Gasteiger partial charge on any atom is 0.290 e. The van der Waals surface area contributed by atoms with Gasteiger partial charge in [-0.2, -0.15) is 0 Å². The third-order valence-corrected chi connectivity index (χ3v) is 6.00. The average molecular weight is 409 g/mol. The monoisotopic (exact) mass is 409 g/mol. The van der Waals surface area contributed by atoms with Crippen molar-refractivity contribution >= 4 is 16.9 Å². The van der Waals surface area contributed by atoms with Gasteiger partial charge in [0, 0.05) is 18.5 Å². The Hall–Kier alpha value is -2.99. The number of carbonyl (C=O) groups excluding carboxylic acids is 1. The van der Waals surface area contributed by atoms with Crippen LogP contribution in [0, 0.1) is 5.82 Å². The lowest BCUT2D eigenvalue weighted by Gasteiger charge is -2.26. The van der Waals surface area contributed by atoms with E-state index in [-0.39, 0.29) is 22.7 Å². The minimum Gasteiger partial charge on any atom is -0.450 e. The number of quaternary nitrogens is 1. The van der Waals surface area contributed by atoms with Crippen molar-refractivity contribution in [3.63, 3.8) is 0 Å². The van der Waals surface area contributed by atoms with Crippen LogP contribution in [0.15, 0.2) is 57.7 Å². The molecule has 30 heavy (non-hydrogen) atoms. The number of nitrogens with one attached hydrogen (secondary N) is 1. The first-order valence-corrected chi connectivity index (χ1v) is 10.5. The molecule has 0 spiro atoms. The summed E-state index contributed by atoms with van der Waals surface area (Å²) >= 11 is 0. The number of para-hydroxylation sites is 1. The first-order chi connectivity index (χ1) is 14.6. The first kappa shape index (κ1) is 20.3. The molecule has 0 saturated heterocycles. The third-order valence-electron chi connectivity index (χ3n) is 6.00. The second-order valence-corrected chi connectivity index (χ2v) is 7.65. The predicted octanol–water partition coefficient (Wildman–Crippen LogP) is 2.79. The molecule has 2 aromatic carbocycles. The molecule has 0 bridgehead atoms. The zero-order valence-corrected chi connectivity index (χ0v) is 17.3. The Labute approximate surface area is 174 Å². The number of benzene rings is 2. The SMILES string of the molecule is CC[NH+](CC)CCCN1C(=O)c2oc3ccccc3c(=O)c2[C@H]1c1ccccc1F. The largest absolute Gasteiger partial charge is 0.450 e. The Morgan fingerprint density at radius 3 is 2.47 bits per heavy atom. The summed E-state index contributed by atoms with van der Waals surface area (Å²) in [5.41, 5.74) is 0.656. The molecular formula is C24H26FN2O3+. The molecule has 1 aliphatic rings. The topological polar surface area (TPSA) is 55.0 Å². The van der Waals surface area contributed by atoms with Crippen LogP contribution in [0.3, 0.4) is 0 Å². The van der Waals surface area contributed by atoms with Gasteiger partial charge in [0.1, 0.15) is 11.4 Å². The van der Waals surface area contributed by atoms with E-state index in [1.807, 2.05) is 0 Å². The van der Waals surface area contributed by atoms with Gasteiger partial charge in [-0.15, -0.1) is 0 Å². The van der Waals surface area contributed by atoms with Gasteiger partial charge in [-0.3, -0.25) is 9.59 Å². The lowest BCUT2D eigenvalue weighted by molar-refractivity contribution is -0.896. The van der Waals surface area contributed by atoms with Gasteiger partial charge < -0.3 is 14.2 Å². The van der Waals surface area contributed by atoms with E-state index in [0.29, 0.717) is 23.1 Å². The fourth-order valence-corrected chi connectivity index (χ4v) is 4.32. The Morgan fingerprint density at radius 1 is 1.03 bits per heavy atom. The molecule has 3 aromatic rings. The van der Waals surface area contributed by atoms with Gasteiger partial charge in [0.2, 0.25) is 5.76 Å². The van der Waals surface area contributed by atoms with Gasteiger partial charge >= 0.3 is 0 Å². The minimum atomic E-state index is -0.777. The van der Waals surface area contributed by atoms with Crippen LogP contribution in [-0.4, -0.2) is 37.0 Å². The second kappa shape index (κ2) is 8.40. The molecule has 4 rings (SSSR count). The summed E-state index contributed by atoms with van der Waals surface area (Å²) in [6.07, 6.45) is 0.759. The molecule has 1 amide bonds. The highest BCUT2D eigenvalue weighted by atomic mass is 19.1. The Bertz CT molecular complexity index is 1140. The number of hydrogen-bond acceptors (Lipinski definition) is 3.